The average Bonchev–Trinajstić information content (AvgIpc) is 2.54. The van der Waals surface area contributed by atoms with Crippen LogP contribution in [-0.4, -0.2) is 54.9 Å². The number of hydrogen-bond acceptors (Lipinski definition) is 3. The standard InChI is InChI=1S/C18H26N2O3/c1-5-16(21)19-6-8-20(9-7-19)17(22)12-15-11-13(2)10-14(3)18(15)23-4/h10-11H,5-9,12H2,1-4H3. The number of piperazine rings is 1. The summed E-state index contributed by atoms with van der Waals surface area (Å²) in [6.45, 7) is 8.36. The van der Waals surface area contributed by atoms with Gasteiger partial charge in [0.15, 0.2) is 0 Å². The van der Waals surface area contributed by atoms with Gasteiger partial charge >= 0.3 is 0 Å². The van der Waals surface area contributed by atoms with Gasteiger partial charge in [-0.2, -0.15) is 0 Å². The highest BCUT2D eigenvalue weighted by atomic mass is 16.5. The Morgan fingerprint density at radius 3 is 2.13 bits per heavy atom. The van der Waals surface area contributed by atoms with E-state index >= 15 is 0 Å². The first-order valence-electron chi connectivity index (χ1n) is 8.16. The minimum atomic E-state index is 0.0943. The molecule has 23 heavy (non-hydrogen) atoms. The van der Waals surface area contributed by atoms with E-state index in [1.165, 1.54) is 0 Å². The Balaban J connectivity index is 2.02. The van der Waals surface area contributed by atoms with Crippen LogP contribution in [-0.2, 0) is 16.0 Å². The number of nitrogens with zero attached hydrogens (tertiary/aromatic N) is 2. The van der Waals surface area contributed by atoms with Crippen molar-refractivity contribution in [2.75, 3.05) is 33.3 Å². The van der Waals surface area contributed by atoms with Gasteiger partial charge in [-0.25, -0.2) is 0 Å². The summed E-state index contributed by atoms with van der Waals surface area (Å²) in [4.78, 5) is 27.9. The zero-order valence-electron chi connectivity index (χ0n) is 14.5. The zero-order chi connectivity index (χ0) is 17.0. The smallest absolute Gasteiger partial charge is 0.227 e. The molecule has 1 fully saturated rings. The maximum absolute atomic E-state index is 12.6. The van der Waals surface area contributed by atoms with Gasteiger partial charge in [0.1, 0.15) is 5.75 Å². The third-order valence-corrected chi connectivity index (χ3v) is 4.33. The lowest BCUT2D eigenvalue weighted by Gasteiger charge is -2.34. The van der Waals surface area contributed by atoms with Crippen LogP contribution in [0, 0.1) is 13.8 Å². The number of ether oxygens (including phenoxy) is 1. The Morgan fingerprint density at radius 2 is 1.61 bits per heavy atom. The summed E-state index contributed by atoms with van der Waals surface area (Å²) >= 11 is 0. The highest BCUT2D eigenvalue weighted by molar-refractivity contribution is 5.81. The fourth-order valence-electron chi connectivity index (χ4n) is 3.17. The Hall–Kier alpha value is -2.04. The summed E-state index contributed by atoms with van der Waals surface area (Å²) in [6.07, 6.45) is 0.862. The number of rotatable bonds is 4. The second-order valence-electron chi connectivity index (χ2n) is 6.07. The molecular weight excluding hydrogens is 292 g/mol. The van der Waals surface area contributed by atoms with Crippen LogP contribution in [0.1, 0.15) is 30.0 Å². The van der Waals surface area contributed by atoms with Gasteiger partial charge in [0.05, 0.1) is 13.5 Å². The minimum Gasteiger partial charge on any atom is -0.496 e. The normalized spacial score (nSPS) is 14.8. The summed E-state index contributed by atoms with van der Waals surface area (Å²) in [6, 6.07) is 4.07. The maximum atomic E-state index is 12.6. The molecule has 0 radical (unpaired) electrons. The Kier molecular flexibility index (Phi) is 5.64. The monoisotopic (exact) mass is 318 g/mol. The summed E-state index contributed by atoms with van der Waals surface area (Å²) < 4.78 is 5.46. The maximum Gasteiger partial charge on any atom is 0.227 e. The van der Waals surface area contributed by atoms with Crippen LogP contribution in [0.25, 0.3) is 0 Å². The molecule has 0 aliphatic carbocycles. The molecule has 0 unspecified atom stereocenters. The number of carbonyl (C=O) groups is 2. The lowest BCUT2D eigenvalue weighted by molar-refractivity contribution is -0.139. The van der Waals surface area contributed by atoms with Crippen LogP contribution >= 0.6 is 0 Å². The molecule has 5 nitrogen and oxygen atoms in total. The molecule has 0 spiro atoms. The Morgan fingerprint density at radius 1 is 1.04 bits per heavy atom. The van der Waals surface area contributed by atoms with Crippen LogP contribution in [0.5, 0.6) is 5.75 Å². The van der Waals surface area contributed by atoms with Crippen molar-refractivity contribution >= 4 is 11.8 Å². The quantitative estimate of drug-likeness (QED) is 0.852. The molecule has 0 N–H and O–H groups in total. The van der Waals surface area contributed by atoms with Gasteiger partial charge in [0, 0.05) is 38.2 Å². The van der Waals surface area contributed by atoms with Crippen LogP contribution in [0.15, 0.2) is 12.1 Å². The van der Waals surface area contributed by atoms with Gasteiger partial charge in [-0.15, -0.1) is 0 Å². The number of carbonyl (C=O) groups excluding carboxylic acids is 2. The van der Waals surface area contributed by atoms with E-state index in [4.69, 9.17) is 4.74 Å². The molecule has 2 amide bonds. The third kappa shape index (κ3) is 4.03. The number of aryl methyl sites for hydroxylation is 2. The molecule has 1 aromatic carbocycles. The van der Waals surface area contributed by atoms with E-state index in [0.29, 0.717) is 39.0 Å². The van der Waals surface area contributed by atoms with Gasteiger partial charge in [0.2, 0.25) is 11.8 Å². The molecule has 1 heterocycles. The molecule has 1 aliphatic heterocycles. The van der Waals surface area contributed by atoms with E-state index in [1.807, 2.05) is 36.6 Å². The summed E-state index contributed by atoms with van der Waals surface area (Å²) in [7, 11) is 1.64. The highest BCUT2D eigenvalue weighted by Gasteiger charge is 2.24. The van der Waals surface area contributed by atoms with Crippen molar-refractivity contribution in [1.82, 2.24) is 9.80 Å². The number of benzene rings is 1. The lowest BCUT2D eigenvalue weighted by atomic mass is 10.0. The topological polar surface area (TPSA) is 49.9 Å². The highest BCUT2D eigenvalue weighted by Crippen LogP contribution is 2.26. The van der Waals surface area contributed by atoms with Crippen molar-refractivity contribution in [3.8, 4) is 5.75 Å². The average molecular weight is 318 g/mol. The van der Waals surface area contributed by atoms with Crippen molar-refractivity contribution in [2.45, 2.75) is 33.6 Å². The second kappa shape index (κ2) is 7.49. The van der Waals surface area contributed by atoms with Crippen molar-refractivity contribution in [3.63, 3.8) is 0 Å². The van der Waals surface area contributed by atoms with Crippen molar-refractivity contribution < 1.29 is 14.3 Å². The molecule has 1 saturated heterocycles. The molecule has 5 heteroatoms. The second-order valence-corrected chi connectivity index (χ2v) is 6.07. The summed E-state index contributed by atoms with van der Waals surface area (Å²) in [5.41, 5.74) is 3.11. The molecule has 0 atom stereocenters. The largest absolute Gasteiger partial charge is 0.496 e. The SMILES string of the molecule is CCC(=O)N1CCN(C(=O)Cc2cc(C)cc(C)c2OC)CC1. The molecule has 0 saturated carbocycles. The molecule has 1 aliphatic rings. The number of amides is 2. The minimum absolute atomic E-state index is 0.0943. The molecule has 126 valence electrons. The van der Waals surface area contributed by atoms with E-state index in [9.17, 15) is 9.59 Å². The molecule has 0 bridgehead atoms. The van der Waals surface area contributed by atoms with E-state index in [1.54, 1.807) is 7.11 Å². The zero-order valence-corrected chi connectivity index (χ0v) is 14.5. The van der Waals surface area contributed by atoms with Crippen LogP contribution < -0.4 is 4.74 Å². The third-order valence-electron chi connectivity index (χ3n) is 4.33. The van der Waals surface area contributed by atoms with Gasteiger partial charge in [-0.05, 0) is 19.4 Å². The number of methoxy groups -OCH3 is 1. The predicted molar refractivity (Wildman–Crippen MR) is 89.6 cm³/mol. The predicted octanol–water partition coefficient (Wildman–Crippen LogP) is 1.94. The molecular formula is C18H26N2O3. The van der Waals surface area contributed by atoms with Crippen LogP contribution in [0.2, 0.25) is 0 Å². The van der Waals surface area contributed by atoms with E-state index in [-0.39, 0.29) is 11.8 Å². The Labute approximate surface area is 138 Å². The fourth-order valence-corrected chi connectivity index (χ4v) is 3.17. The summed E-state index contributed by atoms with van der Waals surface area (Å²) in [5, 5.41) is 0. The molecule has 1 aromatic rings. The lowest BCUT2D eigenvalue weighted by Crippen LogP contribution is -2.50. The fraction of sp³-hybridized carbons (Fsp3) is 0.556. The first-order chi connectivity index (χ1) is 11.0. The molecule has 2 rings (SSSR count). The van der Waals surface area contributed by atoms with Gasteiger partial charge in [-0.1, -0.05) is 24.6 Å². The van der Waals surface area contributed by atoms with Crippen molar-refractivity contribution in [2.24, 2.45) is 0 Å². The van der Waals surface area contributed by atoms with E-state index in [0.717, 1.165) is 22.4 Å². The van der Waals surface area contributed by atoms with Gasteiger partial charge in [0.25, 0.3) is 0 Å². The Bertz CT molecular complexity index is 590. The first-order valence-corrected chi connectivity index (χ1v) is 8.16. The van der Waals surface area contributed by atoms with Gasteiger partial charge < -0.3 is 14.5 Å². The van der Waals surface area contributed by atoms with E-state index in [2.05, 4.69) is 6.07 Å². The molecule has 0 aromatic heterocycles. The van der Waals surface area contributed by atoms with Crippen LogP contribution in [0.3, 0.4) is 0 Å². The van der Waals surface area contributed by atoms with Gasteiger partial charge in [-0.3, -0.25) is 9.59 Å². The van der Waals surface area contributed by atoms with Crippen molar-refractivity contribution in [3.05, 3.63) is 28.8 Å². The van der Waals surface area contributed by atoms with Crippen LogP contribution in [0.4, 0.5) is 0 Å². The van der Waals surface area contributed by atoms with E-state index < -0.39 is 0 Å². The summed E-state index contributed by atoms with van der Waals surface area (Å²) in [5.74, 6) is 1.05. The number of hydrogen-bond donors (Lipinski definition) is 0. The van der Waals surface area contributed by atoms with Crippen molar-refractivity contribution in [1.29, 1.82) is 0 Å². The first kappa shape index (κ1) is 17.3.